The number of hydrogen-bond donors (Lipinski definition) is 1. The van der Waals surface area contributed by atoms with E-state index >= 15 is 0 Å². The van der Waals surface area contributed by atoms with Crippen LogP contribution in [0.3, 0.4) is 0 Å². The lowest BCUT2D eigenvalue weighted by atomic mass is 10.1. The Morgan fingerprint density at radius 3 is 1.97 bits per heavy atom. The van der Waals surface area contributed by atoms with E-state index in [1.807, 2.05) is 0 Å². The number of methoxy groups -OCH3 is 5. The van der Waals surface area contributed by atoms with Crippen molar-refractivity contribution in [1.82, 2.24) is 0 Å². The second-order valence-corrected chi connectivity index (χ2v) is 6.47. The van der Waals surface area contributed by atoms with Crippen LogP contribution in [0.2, 0.25) is 0 Å². The number of amides is 1. The van der Waals surface area contributed by atoms with Gasteiger partial charge in [0.1, 0.15) is 34.5 Å². The standard InChI is InChI=1S/C23H25NO7/c1-26-14-6-8-18(22(11-14)30-5)24-23(25)19-9-7-15(31-19)10-17-20(28-3)12-16(27-2)13-21(17)29-4/h6-9,11-13H,10H2,1-5H3,(H,24,25). The zero-order valence-electron chi connectivity index (χ0n) is 18.1. The summed E-state index contributed by atoms with van der Waals surface area (Å²) in [7, 11) is 7.79. The van der Waals surface area contributed by atoms with E-state index in [1.165, 1.54) is 7.11 Å². The molecule has 8 heteroatoms. The lowest BCUT2D eigenvalue weighted by Gasteiger charge is -2.14. The van der Waals surface area contributed by atoms with Crippen LogP contribution < -0.4 is 29.0 Å². The van der Waals surface area contributed by atoms with Gasteiger partial charge in [0.05, 0.1) is 41.2 Å². The molecule has 0 aliphatic heterocycles. The second kappa shape index (κ2) is 9.80. The van der Waals surface area contributed by atoms with Crippen molar-refractivity contribution >= 4 is 11.6 Å². The average Bonchev–Trinajstić information content (AvgIpc) is 3.28. The van der Waals surface area contributed by atoms with E-state index in [1.54, 1.807) is 70.9 Å². The minimum atomic E-state index is -0.400. The molecule has 0 unspecified atom stereocenters. The number of carbonyl (C=O) groups is 1. The molecule has 0 saturated carbocycles. The van der Waals surface area contributed by atoms with E-state index in [0.717, 1.165) is 5.56 Å². The topological polar surface area (TPSA) is 88.4 Å². The second-order valence-electron chi connectivity index (χ2n) is 6.47. The quantitative estimate of drug-likeness (QED) is 0.548. The summed E-state index contributed by atoms with van der Waals surface area (Å²) >= 11 is 0. The molecule has 0 aliphatic carbocycles. The molecule has 0 saturated heterocycles. The molecular weight excluding hydrogens is 402 g/mol. The number of anilines is 1. The van der Waals surface area contributed by atoms with E-state index in [-0.39, 0.29) is 5.76 Å². The van der Waals surface area contributed by atoms with Crippen molar-refractivity contribution in [3.8, 4) is 28.7 Å². The highest BCUT2D eigenvalue weighted by Crippen LogP contribution is 2.36. The van der Waals surface area contributed by atoms with E-state index in [9.17, 15) is 4.79 Å². The first-order chi connectivity index (χ1) is 15.0. The molecule has 0 fully saturated rings. The van der Waals surface area contributed by atoms with Gasteiger partial charge in [-0.25, -0.2) is 0 Å². The monoisotopic (exact) mass is 427 g/mol. The van der Waals surface area contributed by atoms with Gasteiger partial charge in [0.2, 0.25) is 0 Å². The summed E-state index contributed by atoms with van der Waals surface area (Å²) in [5.74, 6) is 3.26. The Morgan fingerprint density at radius 1 is 0.774 bits per heavy atom. The fourth-order valence-electron chi connectivity index (χ4n) is 3.11. The first-order valence-corrected chi connectivity index (χ1v) is 9.43. The van der Waals surface area contributed by atoms with Crippen LogP contribution in [0.25, 0.3) is 0 Å². The van der Waals surface area contributed by atoms with Crippen LogP contribution in [0.5, 0.6) is 28.7 Å². The normalized spacial score (nSPS) is 10.4. The highest BCUT2D eigenvalue weighted by Gasteiger charge is 2.18. The third kappa shape index (κ3) is 4.85. The highest BCUT2D eigenvalue weighted by molar-refractivity contribution is 6.03. The Hall–Kier alpha value is -3.81. The SMILES string of the molecule is COc1ccc(NC(=O)c2ccc(Cc3c(OC)cc(OC)cc3OC)o2)c(OC)c1. The molecule has 31 heavy (non-hydrogen) atoms. The summed E-state index contributed by atoms with van der Waals surface area (Å²) in [4.78, 5) is 12.7. The van der Waals surface area contributed by atoms with E-state index < -0.39 is 5.91 Å². The van der Waals surface area contributed by atoms with E-state index in [2.05, 4.69) is 5.32 Å². The van der Waals surface area contributed by atoms with Gasteiger partial charge in [-0.3, -0.25) is 4.79 Å². The Morgan fingerprint density at radius 2 is 1.39 bits per heavy atom. The minimum Gasteiger partial charge on any atom is -0.497 e. The molecule has 164 valence electrons. The van der Waals surface area contributed by atoms with Crippen molar-refractivity contribution in [3.05, 3.63) is 59.5 Å². The maximum Gasteiger partial charge on any atom is 0.291 e. The van der Waals surface area contributed by atoms with Crippen LogP contribution in [-0.2, 0) is 6.42 Å². The van der Waals surface area contributed by atoms with Crippen LogP contribution >= 0.6 is 0 Å². The lowest BCUT2D eigenvalue weighted by molar-refractivity contribution is 0.0994. The molecule has 0 radical (unpaired) electrons. The van der Waals surface area contributed by atoms with Gasteiger partial charge in [-0.1, -0.05) is 0 Å². The number of furan rings is 1. The van der Waals surface area contributed by atoms with Gasteiger partial charge in [-0.05, 0) is 24.3 Å². The number of carbonyl (C=O) groups excluding carboxylic acids is 1. The fraction of sp³-hybridized carbons (Fsp3) is 0.261. The highest BCUT2D eigenvalue weighted by atomic mass is 16.5. The maximum atomic E-state index is 12.7. The molecule has 1 amide bonds. The molecule has 8 nitrogen and oxygen atoms in total. The van der Waals surface area contributed by atoms with Crippen LogP contribution in [0.4, 0.5) is 5.69 Å². The van der Waals surface area contributed by atoms with Gasteiger partial charge >= 0.3 is 0 Å². The summed E-state index contributed by atoms with van der Waals surface area (Å²) in [5.41, 5.74) is 1.29. The molecule has 0 bridgehead atoms. The van der Waals surface area contributed by atoms with Crippen molar-refractivity contribution in [2.45, 2.75) is 6.42 Å². The number of benzene rings is 2. The summed E-state index contributed by atoms with van der Waals surface area (Å²) in [6.45, 7) is 0. The minimum absolute atomic E-state index is 0.166. The maximum absolute atomic E-state index is 12.7. The van der Waals surface area contributed by atoms with Gasteiger partial charge in [0, 0.05) is 30.2 Å². The summed E-state index contributed by atoms with van der Waals surface area (Å²) < 4.78 is 32.5. The summed E-state index contributed by atoms with van der Waals surface area (Å²) in [6.07, 6.45) is 0.371. The molecule has 1 N–H and O–H groups in total. The molecule has 0 spiro atoms. The van der Waals surface area contributed by atoms with Gasteiger partial charge < -0.3 is 33.4 Å². The van der Waals surface area contributed by atoms with E-state index in [0.29, 0.717) is 46.6 Å². The number of hydrogen-bond acceptors (Lipinski definition) is 7. The Balaban J connectivity index is 1.80. The van der Waals surface area contributed by atoms with E-state index in [4.69, 9.17) is 28.1 Å². The number of nitrogens with one attached hydrogen (secondary N) is 1. The molecule has 3 aromatic rings. The predicted molar refractivity (Wildman–Crippen MR) is 115 cm³/mol. The predicted octanol–water partition coefficient (Wildman–Crippen LogP) is 4.17. The van der Waals surface area contributed by atoms with Crippen molar-refractivity contribution < 1.29 is 32.9 Å². The van der Waals surface area contributed by atoms with Gasteiger partial charge in [-0.2, -0.15) is 0 Å². The lowest BCUT2D eigenvalue weighted by Crippen LogP contribution is -2.11. The first-order valence-electron chi connectivity index (χ1n) is 9.43. The Bertz CT molecular complexity index is 1030. The van der Waals surface area contributed by atoms with Crippen molar-refractivity contribution in [2.75, 3.05) is 40.9 Å². The van der Waals surface area contributed by atoms with Crippen molar-refractivity contribution in [2.24, 2.45) is 0 Å². The summed E-state index contributed by atoms with van der Waals surface area (Å²) in [6, 6.07) is 12.0. The molecule has 0 atom stereocenters. The number of ether oxygens (including phenoxy) is 5. The first kappa shape index (κ1) is 21.9. The molecule has 0 aliphatic rings. The largest absolute Gasteiger partial charge is 0.497 e. The average molecular weight is 427 g/mol. The van der Waals surface area contributed by atoms with Gasteiger partial charge in [0.25, 0.3) is 5.91 Å². The van der Waals surface area contributed by atoms with Crippen LogP contribution in [0.15, 0.2) is 46.9 Å². The third-order valence-corrected chi connectivity index (χ3v) is 4.71. The van der Waals surface area contributed by atoms with Crippen LogP contribution in [0, 0.1) is 0 Å². The molecule has 2 aromatic carbocycles. The van der Waals surface area contributed by atoms with Crippen molar-refractivity contribution in [1.29, 1.82) is 0 Å². The molecule has 3 rings (SSSR count). The van der Waals surface area contributed by atoms with Crippen LogP contribution in [-0.4, -0.2) is 41.5 Å². The molecular formula is C23H25NO7. The third-order valence-electron chi connectivity index (χ3n) is 4.71. The Labute approximate surface area is 180 Å². The fourth-order valence-corrected chi connectivity index (χ4v) is 3.11. The molecule has 1 aromatic heterocycles. The number of rotatable bonds is 9. The van der Waals surface area contributed by atoms with Crippen LogP contribution in [0.1, 0.15) is 21.9 Å². The van der Waals surface area contributed by atoms with Crippen molar-refractivity contribution in [3.63, 3.8) is 0 Å². The zero-order valence-corrected chi connectivity index (χ0v) is 18.1. The Kier molecular flexibility index (Phi) is 6.92. The zero-order chi connectivity index (χ0) is 22.4. The van der Waals surface area contributed by atoms with Gasteiger partial charge in [-0.15, -0.1) is 0 Å². The summed E-state index contributed by atoms with van der Waals surface area (Å²) in [5, 5.41) is 2.79. The smallest absolute Gasteiger partial charge is 0.291 e. The van der Waals surface area contributed by atoms with Gasteiger partial charge in [0.15, 0.2) is 5.76 Å². The molecule has 1 heterocycles.